The van der Waals surface area contributed by atoms with Gasteiger partial charge in [0, 0.05) is 23.0 Å². The molecule has 0 radical (unpaired) electrons. The number of pyridine rings is 1. The van der Waals surface area contributed by atoms with E-state index in [1.807, 2.05) is 36.5 Å². The summed E-state index contributed by atoms with van der Waals surface area (Å²) in [5.41, 5.74) is -1.22. The predicted octanol–water partition coefficient (Wildman–Crippen LogP) is 4.35. The number of thiophene rings is 1. The lowest BCUT2D eigenvalue weighted by Gasteiger charge is -2.24. The van der Waals surface area contributed by atoms with Crippen LogP contribution in [0.4, 0.5) is 13.2 Å². The molecular formula is C19H18F3N3OS. The molecule has 0 saturated carbocycles. The second kappa shape index (κ2) is 7.66. The third-order valence-corrected chi connectivity index (χ3v) is 5.23. The number of hydrogen-bond acceptors (Lipinski definition) is 4. The van der Waals surface area contributed by atoms with Crippen LogP contribution in [0.15, 0.2) is 48.0 Å². The smallest absolute Gasteiger partial charge is 0.350 e. The Kier molecular flexibility index (Phi) is 5.48. The zero-order chi connectivity index (χ0) is 19.6. The van der Waals surface area contributed by atoms with Crippen LogP contribution in [0.25, 0.3) is 10.9 Å². The van der Waals surface area contributed by atoms with Crippen molar-refractivity contribution in [1.29, 1.82) is 0 Å². The average Bonchev–Trinajstić information content (AvgIpc) is 3.13. The highest BCUT2D eigenvalue weighted by atomic mass is 32.1. The zero-order valence-corrected chi connectivity index (χ0v) is 15.6. The molecule has 3 aromatic rings. The third kappa shape index (κ3) is 4.12. The Morgan fingerprint density at radius 2 is 1.96 bits per heavy atom. The van der Waals surface area contributed by atoms with Crippen molar-refractivity contribution in [2.24, 2.45) is 0 Å². The van der Waals surface area contributed by atoms with Gasteiger partial charge in [0.25, 0.3) is 5.91 Å². The minimum atomic E-state index is -4.66. The Hall–Kier alpha value is -2.45. The number of nitrogens with one attached hydrogen (secondary N) is 1. The molecule has 2 heterocycles. The van der Waals surface area contributed by atoms with E-state index in [1.165, 1.54) is 29.5 Å². The SMILES string of the molecule is CN(C)C(CNC(=O)c1cnc2ccccc2c1C(F)(F)F)c1cccs1. The second-order valence-electron chi connectivity index (χ2n) is 6.27. The number of rotatable bonds is 5. The number of para-hydroxylation sites is 1. The molecule has 0 spiro atoms. The molecular weight excluding hydrogens is 375 g/mol. The minimum Gasteiger partial charge on any atom is -0.350 e. The molecule has 0 aliphatic heterocycles. The van der Waals surface area contributed by atoms with E-state index in [-0.39, 0.29) is 23.5 Å². The van der Waals surface area contributed by atoms with Crippen molar-refractivity contribution in [3.8, 4) is 0 Å². The van der Waals surface area contributed by atoms with Crippen molar-refractivity contribution in [3.63, 3.8) is 0 Å². The van der Waals surface area contributed by atoms with Crippen molar-refractivity contribution in [1.82, 2.24) is 15.2 Å². The van der Waals surface area contributed by atoms with Gasteiger partial charge in [0.05, 0.1) is 22.7 Å². The number of benzene rings is 1. The summed E-state index contributed by atoms with van der Waals surface area (Å²) in [6.07, 6.45) is -3.67. The number of hydrogen-bond donors (Lipinski definition) is 1. The van der Waals surface area contributed by atoms with Crippen LogP contribution in [0.3, 0.4) is 0 Å². The lowest BCUT2D eigenvalue weighted by atomic mass is 10.0. The van der Waals surface area contributed by atoms with Gasteiger partial charge in [-0.25, -0.2) is 0 Å². The first-order chi connectivity index (χ1) is 12.8. The first-order valence-corrected chi connectivity index (χ1v) is 9.10. The largest absolute Gasteiger partial charge is 0.417 e. The number of alkyl halides is 3. The van der Waals surface area contributed by atoms with Crippen molar-refractivity contribution >= 4 is 28.1 Å². The van der Waals surface area contributed by atoms with Gasteiger partial charge in [-0.05, 0) is 31.6 Å². The number of likely N-dealkylation sites (N-methyl/N-ethyl adjacent to an activating group) is 1. The molecule has 27 heavy (non-hydrogen) atoms. The van der Waals surface area contributed by atoms with Crippen molar-refractivity contribution in [2.75, 3.05) is 20.6 Å². The normalized spacial score (nSPS) is 13.1. The van der Waals surface area contributed by atoms with Crippen LogP contribution in [-0.4, -0.2) is 36.4 Å². The van der Waals surface area contributed by atoms with E-state index in [1.54, 1.807) is 6.07 Å². The molecule has 1 unspecified atom stereocenters. The van der Waals surface area contributed by atoms with Gasteiger partial charge in [0.1, 0.15) is 0 Å². The molecule has 1 aromatic carbocycles. The van der Waals surface area contributed by atoms with Crippen LogP contribution in [0, 0.1) is 0 Å². The second-order valence-corrected chi connectivity index (χ2v) is 7.25. The Morgan fingerprint density at radius 3 is 2.59 bits per heavy atom. The first-order valence-electron chi connectivity index (χ1n) is 8.22. The molecule has 1 atom stereocenters. The molecule has 0 saturated heterocycles. The van der Waals surface area contributed by atoms with Gasteiger partial charge < -0.3 is 10.2 Å². The molecule has 1 N–H and O–H groups in total. The van der Waals surface area contributed by atoms with Crippen LogP contribution in [0.1, 0.15) is 26.8 Å². The molecule has 4 nitrogen and oxygen atoms in total. The quantitative estimate of drug-likeness (QED) is 0.701. The Morgan fingerprint density at radius 1 is 1.22 bits per heavy atom. The fraction of sp³-hybridized carbons (Fsp3) is 0.263. The molecule has 142 valence electrons. The molecule has 0 bridgehead atoms. The Labute approximate surface area is 158 Å². The van der Waals surface area contributed by atoms with Crippen LogP contribution in [0.2, 0.25) is 0 Å². The summed E-state index contributed by atoms with van der Waals surface area (Å²) in [7, 11) is 3.71. The summed E-state index contributed by atoms with van der Waals surface area (Å²) in [5.74, 6) is -0.788. The zero-order valence-electron chi connectivity index (χ0n) is 14.7. The van der Waals surface area contributed by atoms with Gasteiger partial charge in [-0.2, -0.15) is 13.2 Å². The highest BCUT2D eigenvalue weighted by molar-refractivity contribution is 7.10. The topological polar surface area (TPSA) is 45.2 Å². The Balaban J connectivity index is 1.92. The van der Waals surface area contributed by atoms with Crippen LogP contribution in [-0.2, 0) is 6.18 Å². The summed E-state index contributed by atoms with van der Waals surface area (Å²) < 4.78 is 41.0. The lowest BCUT2D eigenvalue weighted by molar-refractivity contribution is -0.136. The molecule has 0 aliphatic rings. The predicted molar refractivity (Wildman–Crippen MR) is 99.8 cm³/mol. The standard InChI is InChI=1S/C19H18F3N3OS/c1-25(2)15(16-8-5-9-27-16)11-24-18(26)13-10-23-14-7-4-3-6-12(14)17(13)19(20,21)22/h3-10,15H,11H2,1-2H3,(H,24,26). The van der Waals surface area contributed by atoms with E-state index in [0.29, 0.717) is 0 Å². The molecule has 0 fully saturated rings. The maximum atomic E-state index is 13.7. The molecule has 1 amide bonds. The molecule has 0 aliphatic carbocycles. The van der Waals surface area contributed by atoms with Gasteiger partial charge in [0.15, 0.2) is 0 Å². The van der Waals surface area contributed by atoms with E-state index in [4.69, 9.17) is 0 Å². The fourth-order valence-corrected chi connectivity index (χ4v) is 3.84. The van der Waals surface area contributed by atoms with Gasteiger partial charge in [0.2, 0.25) is 0 Å². The maximum Gasteiger partial charge on any atom is 0.417 e. The highest BCUT2D eigenvalue weighted by Crippen LogP contribution is 2.36. The number of carbonyl (C=O) groups excluding carboxylic acids is 1. The number of amides is 1. The summed E-state index contributed by atoms with van der Waals surface area (Å²) in [5, 5.41) is 4.47. The number of aromatic nitrogens is 1. The molecule has 8 heteroatoms. The van der Waals surface area contributed by atoms with Crippen molar-refractivity contribution in [2.45, 2.75) is 12.2 Å². The minimum absolute atomic E-state index is 0.0833. The van der Waals surface area contributed by atoms with Crippen molar-refractivity contribution in [3.05, 3.63) is 64.0 Å². The highest BCUT2D eigenvalue weighted by Gasteiger charge is 2.37. The average molecular weight is 393 g/mol. The van der Waals surface area contributed by atoms with E-state index in [0.717, 1.165) is 11.1 Å². The van der Waals surface area contributed by atoms with E-state index < -0.39 is 23.2 Å². The van der Waals surface area contributed by atoms with E-state index in [9.17, 15) is 18.0 Å². The summed E-state index contributed by atoms with van der Waals surface area (Å²) in [6, 6.07) is 9.63. The van der Waals surface area contributed by atoms with Crippen LogP contribution < -0.4 is 5.32 Å². The van der Waals surface area contributed by atoms with Crippen LogP contribution >= 0.6 is 11.3 Å². The molecule has 3 rings (SSSR count). The van der Waals surface area contributed by atoms with Crippen molar-refractivity contribution < 1.29 is 18.0 Å². The fourth-order valence-electron chi connectivity index (χ4n) is 2.92. The number of carbonyl (C=O) groups is 1. The summed E-state index contributed by atoms with van der Waals surface area (Å²) >= 11 is 1.53. The first kappa shape index (κ1) is 19.3. The number of nitrogens with zero attached hydrogens (tertiary/aromatic N) is 2. The van der Waals surface area contributed by atoms with Gasteiger partial charge in [-0.15, -0.1) is 11.3 Å². The summed E-state index contributed by atoms with van der Waals surface area (Å²) in [4.78, 5) is 19.5. The number of halogens is 3. The third-order valence-electron chi connectivity index (χ3n) is 4.25. The monoisotopic (exact) mass is 393 g/mol. The number of fused-ring (bicyclic) bond motifs is 1. The van der Waals surface area contributed by atoms with Crippen LogP contribution in [0.5, 0.6) is 0 Å². The molecule has 2 aromatic heterocycles. The summed E-state index contributed by atoms with van der Waals surface area (Å²) in [6.45, 7) is 0.191. The van der Waals surface area contributed by atoms with Gasteiger partial charge in [-0.3, -0.25) is 9.78 Å². The van der Waals surface area contributed by atoms with Gasteiger partial charge in [-0.1, -0.05) is 24.3 Å². The Bertz CT molecular complexity index is 939. The maximum absolute atomic E-state index is 13.7. The lowest BCUT2D eigenvalue weighted by Crippen LogP contribution is -2.35. The van der Waals surface area contributed by atoms with Gasteiger partial charge >= 0.3 is 6.18 Å². The van der Waals surface area contributed by atoms with E-state index >= 15 is 0 Å². The van der Waals surface area contributed by atoms with E-state index in [2.05, 4.69) is 10.3 Å².